The van der Waals surface area contributed by atoms with Gasteiger partial charge in [0.15, 0.2) is 0 Å². The molecule has 33 heavy (non-hydrogen) atoms. The third kappa shape index (κ3) is 3.62. The Morgan fingerprint density at radius 3 is 2.55 bits per heavy atom. The van der Waals surface area contributed by atoms with Gasteiger partial charge >= 0.3 is 5.97 Å². The number of rotatable bonds is 4. The molecule has 4 heterocycles. The van der Waals surface area contributed by atoms with Crippen LogP contribution in [0.1, 0.15) is 53.4 Å². The Morgan fingerprint density at radius 1 is 1.12 bits per heavy atom. The summed E-state index contributed by atoms with van der Waals surface area (Å²) in [4.78, 5) is 44.6. The van der Waals surface area contributed by atoms with Gasteiger partial charge in [-0.1, -0.05) is 31.2 Å². The summed E-state index contributed by atoms with van der Waals surface area (Å²) in [6, 6.07) is -0.903. The third-order valence-corrected chi connectivity index (χ3v) is 7.50. The molecule has 1 spiro atoms. The van der Waals surface area contributed by atoms with E-state index in [0.29, 0.717) is 25.8 Å². The highest BCUT2D eigenvalue weighted by Gasteiger charge is 2.75. The van der Waals surface area contributed by atoms with Crippen molar-refractivity contribution in [1.82, 2.24) is 9.80 Å². The Kier molecular flexibility index (Phi) is 6.20. The number of aliphatic hydroxyl groups is 1. The molecule has 4 aliphatic rings. The molecule has 2 amide bonds. The van der Waals surface area contributed by atoms with Crippen molar-refractivity contribution in [3.63, 3.8) is 0 Å². The summed E-state index contributed by atoms with van der Waals surface area (Å²) in [7, 11) is 0. The summed E-state index contributed by atoms with van der Waals surface area (Å²) in [5, 5.41) is 9.46. The van der Waals surface area contributed by atoms with Gasteiger partial charge < -0.3 is 24.4 Å². The third-order valence-electron chi connectivity index (χ3n) is 7.50. The monoisotopic (exact) mass is 460 g/mol. The van der Waals surface area contributed by atoms with Crippen molar-refractivity contribution < 1.29 is 29.0 Å². The molecule has 5 atom stereocenters. The van der Waals surface area contributed by atoms with E-state index in [9.17, 15) is 19.5 Å². The van der Waals surface area contributed by atoms with E-state index in [-0.39, 0.29) is 31.6 Å². The second-order valence-electron chi connectivity index (χ2n) is 10.5. The summed E-state index contributed by atoms with van der Waals surface area (Å²) in [6.45, 7) is 8.62. The van der Waals surface area contributed by atoms with Gasteiger partial charge in [-0.05, 0) is 46.5 Å². The summed E-state index contributed by atoms with van der Waals surface area (Å²) in [5.41, 5.74) is -2.76. The lowest BCUT2D eigenvalue weighted by atomic mass is 9.73. The highest BCUT2D eigenvalue weighted by molar-refractivity contribution is 5.99. The van der Waals surface area contributed by atoms with Gasteiger partial charge in [0.1, 0.15) is 23.2 Å². The van der Waals surface area contributed by atoms with E-state index in [4.69, 9.17) is 9.47 Å². The van der Waals surface area contributed by atoms with Crippen molar-refractivity contribution in [3.8, 4) is 0 Å². The topological polar surface area (TPSA) is 96.4 Å². The van der Waals surface area contributed by atoms with Gasteiger partial charge in [-0.25, -0.2) is 0 Å². The smallest absolute Gasteiger partial charge is 0.313 e. The molecular weight excluding hydrogens is 424 g/mol. The van der Waals surface area contributed by atoms with Crippen molar-refractivity contribution >= 4 is 17.8 Å². The molecule has 0 aromatic carbocycles. The molecule has 0 aromatic heterocycles. The standard InChI is InChI=1S/C25H36N2O6/c1-5-24-11-7-6-8-16-32-22(31)18(24)17-20(29)26(13-10-15-28)19-21(30)27(23(2,3)4)14-9-12-25(17,19)33-24/h7,9,11-12,17-19,28H,5-6,8,10,13-16H2,1-4H3/b11-7-/t17-,18+,19?,24-,25-/m0/s1. The minimum absolute atomic E-state index is 0.102. The van der Waals surface area contributed by atoms with Crippen LogP contribution in [0.4, 0.5) is 0 Å². The highest BCUT2D eigenvalue weighted by Crippen LogP contribution is 2.58. The molecule has 4 rings (SSSR count). The van der Waals surface area contributed by atoms with Crippen molar-refractivity contribution in [1.29, 1.82) is 0 Å². The number of carbonyl (C=O) groups excluding carboxylic acids is 3. The van der Waals surface area contributed by atoms with Gasteiger partial charge in [0.2, 0.25) is 11.8 Å². The van der Waals surface area contributed by atoms with Gasteiger partial charge in [0.25, 0.3) is 0 Å². The van der Waals surface area contributed by atoms with Crippen LogP contribution in [0.2, 0.25) is 0 Å². The maximum atomic E-state index is 14.0. The number of allylic oxidation sites excluding steroid dienone is 1. The second kappa shape index (κ2) is 8.55. The van der Waals surface area contributed by atoms with E-state index in [0.717, 1.165) is 6.42 Å². The van der Waals surface area contributed by atoms with Crippen molar-refractivity contribution in [3.05, 3.63) is 24.3 Å². The van der Waals surface area contributed by atoms with Crippen LogP contribution in [0.3, 0.4) is 0 Å². The molecule has 0 aromatic rings. The Hall–Kier alpha value is -2.19. The Balaban J connectivity index is 1.90. The zero-order valence-electron chi connectivity index (χ0n) is 20.1. The van der Waals surface area contributed by atoms with Gasteiger partial charge in [-0.2, -0.15) is 0 Å². The maximum Gasteiger partial charge on any atom is 0.313 e. The largest absolute Gasteiger partial charge is 0.465 e. The number of ether oxygens (including phenoxy) is 2. The van der Waals surface area contributed by atoms with Crippen LogP contribution in [0.25, 0.3) is 0 Å². The molecule has 1 N–H and O–H groups in total. The Bertz CT molecular complexity index is 877. The molecule has 0 bridgehead atoms. The fourth-order valence-electron chi connectivity index (χ4n) is 5.96. The highest BCUT2D eigenvalue weighted by atomic mass is 16.6. The van der Waals surface area contributed by atoms with Gasteiger partial charge in [0.05, 0.1) is 12.5 Å². The molecule has 0 saturated carbocycles. The molecule has 2 fully saturated rings. The van der Waals surface area contributed by atoms with Gasteiger partial charge in [0, 0.05) is 25.2 Å². The number of carbonyl (C=O) groups is 3. The molecular formula is C25H36N2O6. The number of amides is 2. The van der Waals surface area contributed by atoms with Crippen molar-refractivity contribution in [2.75, 3.05) is 26.3 Å². The summed E-state index contributed by atoms with van der Waals surface area (Å²) in [5.74, 6) is -2.64. The molecule has 8 nitrogen and oxygen atoms in total. The molecule has 1 unspecified atom stereocenters. The first-order valence-corrected chi connectivity index (χ1v) is 12.1. The molecule has 8 heteroatoms. The fourth-order valence-corrected chi connectivity index (χ4v) is 5.96. The molecule has 2 saturated heterocycles. The second-order valence-corrected chi connectivity index (χ2v) is 10.5. The number of esters is 1. The molecule has 182 valence electrons. The summed E-state index contributed by atoms with van der Waals surface area (Å²) >= 11 is 0. The zero-order valence-corrected chi connectivity index (χ0v) is 20.1. The number of fused-ring (bicyclic) bond motifs is 2. The number of likely N-dealkylation sites (tertiary alicyclic amines) is 1. The van der Waals surface area contributed by atoms with Gasteiger partial charge in [-0.15, -0.1) is 0 Å². The number of nitrogens with zero attached hydrogens (tertiary/aromatic N) is 2. The molecule has 0 aliphatic carbocycles. The average Bonchev–Trinajstić information content (AvgIpc) is 3.12. The van der Waals surface area contributed by atoms with E-state index >= 15 is 0 Å². The predicted molar refractivity (Wildman–Crippen MR) is 121 cm³/mol. The maximum absolute atomic E-state index is 14.0. The van der Waals surface area contributed by atoms with E-state index < -0.39 is 40.6 Å². The number of cyclic esters (lactones) is 1. The quantitative estimate of drug-likeness (QED) is 0.508. The normalized spacial score (nSPS) is 37.5. The number of aliphatic hydroxyl groups excluding tert-OH is 1. The first-order valence-electron chi connectivity index (χ1n) is 12.1. The van der Waals surface area contributed by atoms with Crippen LogP contribution in [0.5, 0.6) is 0 Å². The van der Waals surface area contributed by atoms with Crippen LogP contribution in [-0.2, 0) is 23.9 Å². The lowest BCUT2D eigenvalue weighted by molar-refractivity contribution is -0.162. The molecule has 4 aliphatic heterocycles. The van der Waals surface area contributed by atoms with Crippen LogP contribution in [-0.4, -0.2) is 81.8 Å². The average molecular weight is 461 g/mol. The van der Waals surface area contributed by atoms with Crippen LogP contribution >= 0.6 is 0 Å². The lowest BCUT2D eigenvalue weighted by Gasteiger charge is -2.41. The van der Waals surface area contributed by atoms with Crippen LogP contribution < -0.4 is 0 Å². The Morgan fingerprint density at radius 2 is 1.88 bits per heavy atom. The zero-order chi connectivity index (χ0) is 24.0. The van der Waals surface area contributed by atoms with Crippen molar-refractivity contribution in [2.45, 2.75) is 76.2 Å². The summed E-state index contributed by atoms with van der Waals surface area (Å²) in [6.07, 6.45) is 9.93. The van der Waals surface area contributed by atoms with E-state index in [1.807, 2.05) is 52.0 Å². The number of hydrogen-bond acceptors (Lipinski definition) is 6. The van der Waals surface area contributed by atoms with E-state index in [1.165, 1.54) is 4.90 Å². The minimum Gasteiger partial charge on any atom is -0.465 e. The lowest BCUT2D eigenvalue weighted by Crippen LogP contribution is -2.59. The fraction of sp³-hybridized carbons (Fsp3) is 0.720. The predicted octanol–water partition coefficient (Wildman–Crippen LogP) is 1.82. The summed E-state index contributed by atoms with van der Waals surface area (Å²) < 4.78 is 12.4. The van der Waals surface area contributed by atoms with E-state index in [2.05, 4.69) is 0 Å². The van der Waals surface area contributed by atoms with Crippen molar-refractivity contribution in [2.24, 2.45) is 11.8 Å². The van der Waals surface area contributed by atoms with E-state index in [1.54, 1.807) is 4.90 Å². The minimum atomic E-state index is -1.27. The number of hydrogen-bond donors (Lipinski definition) is 1. The first-order chi connectivity index (χ1) is 15.6. The first kappa shape index (κ1) is 24.0. The van der Waals surface area contributed by atoms with Crippen LogP contribution in [0, 0.1) is 11.8 Å². The van der Waals surface area contributed by atoms with Crippen LogP contribution in [0.15, 0.2) is 24.3 Å². The molecule has 0 radical (unpaired) electrons. The SMILES string of the molecule is CC[C@]12/C=C\CCCOC(=O)[C@H]1[C@H]1C(=O)N(CCCO)C3C(=O)N(C(C)(C)C)CC=C[C@@]31O2. The Labute approximate surface area is 195 Å². The van der Waals surface area contributed by atoms with Gasteiger partial charge in [-0.3, -0.25) is 14.4 Å².